The molecular formula is C26H30N4O3. The number of carbonyl (C=O) groups excluding carboxylic acids is 1. The van der Waals surface area contributed by atoms with Crippen molar-refractivity contribution in [3.8, 4) is 5.75 Å². The highest BCUT2D eigenvalue weighted by Crippen LogP contribution is 2.45. The molecule has 5 rings (SSSR count). The summed E-state index contributed by atoms with van der Waals surface area (Å²) < 4.78 is 11.3. The molecule has 2 fully saturated rings. The quantitative estimate of drug-likeness (QED) is 0.579. The van der Waals surface area contributed by atoms with Crippen LogP contribution in [0.2, 0.25) is 0 Å². The van der Waals surface area contributed by atoms with Crippen LogP contribution in [-0.2, 0) is 23.2 Å². The smallest absolute Gasteiger partial charge is 0.227 e. The van der Waals surface area contributed by atoms with Crippen LogP contribution < -0.4 is 4.74 Å². The average molecular weight is 447 g/mol. The van der Waals surface area contributed by atoms with E-state index in [2.05, 4.69) is 39.4 Å². The molecule has 172 valence electrons. The lowest BCUT2D eigenvalue weighted by atomic mass is 9.72. The third-order valence-corrected chi connectivity index (χ3v) is 7.08. The summed E-state index contributed by atoms with van der Waals surface area (Å²) in [4.78, 5) is 17.7. The van der Waals surface area contributed by atoms with Gasteiger partial charge in [-0.15, -0.1) is 10.2 Å². The second-order valence-electron chi connectivity index (χ2n) is 9.25. The van der Waals surface area contributed by atoms with Crippen molar-refractivity contribution in [2.75, 3.05) is 33.3 Å². The summed E-state index contributed by atoms with van der Waals surface area (Å²) in [6.07, 6.45) is 1.21. The van der Waals surface area contributed by atoms with Crippen LogP contribution in [0.3, 0.4) is 0 Å². The van der Waals surface area contributed by atoms with E-state index >= 15 is 0 Å². The number of aryl methyl sites for hydroxylation is 1. The van der Waals surface area contributed by atoms with Gasteiger partial charge in [0.05, 0.1) is 18.9 Å². The van der Waals surface area contributed by atoms with Crippen LogP contribution in [0, 0.1) is 12.8 Å². The molecule has 0 bridgehead atoms. The molecular weight excluding hydrogens is 416 g/mol. The number of methoxy groups -OCH3 is 1. The van der Waals surface area contributed by atoms with Gasteiger partial charge in [0, 0.05) is 45.6 Å². The number of hydrogen-bond donors (Lipinski definition) is 0. The van der Waals surface area contributed by atoms with Crippen molar-refractivity contribution in [1.82, 2.24) is 20.0 Å². The lowest BCUT2D eigenvalue weighted by Gasteiger charge is -2.41. The van der Waals surface area contributed by atoms with Gasteiger partial charge in [-0.1, -0.05) is 42.5 Å². The zero-order valence-electron chi connectivity index (χ0n) is 19.2. The van der Waals surface area contributed by atoms with Gasteiger partial charge in [0.2, 0.25) is 17.7 Å². The van der Waals surface area contributed by atoms with E-state index in [-0.39, 0.29) is 17.2 Å². The molecule has 0 unspecified atom stereocenters. The largest absolute Gasteiger partial charge is 0.497 e. The maximum absolute atomic E-state index is 13.2. The highest BCUT2D eigenvalue weighted by Gasteiger charge is 2.54. The van der Waals surface area contributed by atoms with E-state index in [4.69, 9.17) is 9.15 Å². The summed E-state index contributed by atoms with van der Waals surface area (Å²) in [5.74, 6) is 2.50. The lowest BCUT2D eigenvalue weighted by Crippen LogP contribution is -2.51. The number of carbonyl (C=O) groups is 1. The van der Waals surface area contributed by atoms with Crippen molar-refractivity contribution in [3.05, 3.63) is 77.5 Å². The Balaban J connectivity index is 1.34. The Morgan fingerprint density at radius 3 is 2.70 bits per heavy atom. The van der Waals surface area contributed by atoms with Gasteiger partial charge in [0.1, 0.15) is 5.75 Å². The van der Waals surface area contributed by atoms with Crippen LogP contribution >= 0.6 is 0 Å². The van der Waals surface area contributed by atoms with Gasteiger partial charge >= 0.3 is 0 Å². The summed E-state index contributed by atoms with van der Waals surface area (Å²) >= 11 is 0. The molecule has 1 aromatic heterocycles. The standard InChI is InChI=1S/C26H30N4O3/c1-19-27-28-25(33-19)26-11-12-30(24(31)14-21-9-6-10-23(13-21)32-2)17-22(26)16-29(18-26)15-20-7-4-3-5-8-20/h3-10,13,22H,11-12,14-18H2,1-2H3/t22-,26+/m1/s1. The zero-order chi connectivity index (χ0) is 22.8. The highest BCUT2D eigenvalue weighted by atomic mass is 16.5. The first-order chi connectivity index (χ1) is 16.1. The summed E-state index contributed by atoms with van der Waals surface area (Å²) in [6, 6.07) is 18.3. The van der Waals surface area contributed by atoms with E-state index in [1.54, 1.807) is 7.11 Å². The zero-order valence-corrected chi connectivity index (χ0v) is 19.2. The van der Waals surface area contributed by atoms with Gasteiger partial charge < -0.3 is 14.1 Å². The molecule has 33 heavy (non-hydrogen) atoms. The number of fused-ring (bicyclic) bond motifs is 1. The van der Waals surface area contributed by atoms with Crippen molar-refractivity contribution in [1.29, 1.82) is 0 Å². The van der Waals surface area contributed by atoms with Gasteiger partial charge in [-0.05, 0) is 29.7 Å². The molecule has 3 heterocycles. The highest BCUT2D eigenvalue weighted by molar-refractivity contribution is 5.79. The molecule has 1 amide bonds. The third-order valence-electron chi connectivity index (χ3n) is 7.08. The number of aromatic nitrogens is 2. The first-order valence-corrected chi connectivity index (χ1v) is 11.5. The van der Waals surface area contributed by atoms with Gasteiger partial charge in [-0.2, -0.15) is 0 Å². The van der Waals surface area contributed by atoms with Crippen molar-refractivity contribution in [2.45, 2.75) is 31.7 Å². The van der Waals surface area contributed by atoms with Gasteiger partial charge in [0.15, 0.2) is 0 Å². The molecule has 2 aliphatic heterocycles. The lowest BCUT2D eigenvalue weighted by molar-refractivity contribution is -0.133. The Bertz CT molecular complexity index is 1120. The van der Waals surface area contributed by atoms with Crippen LogP contribution in [0.25, 0.3) is 0 Å². The normalized spacial score (nSPS) is 22.8. The van der Waals surface area contributed by atoms with E-state index in [0.717, 1.165) is 43.3 Å². The molecule has 0 saturated carbocycles. The van der Waals surface area contributed by atoms with Crippen molar-refractivity contribution in [2.24, 2.45) is 5.92 Å². The first kappa shape index (κ1) is 21.6. The molecule has 0 spiro atoms. The fourth-order valence-electron chi connectivity index (χ4n) is 5.39. The fourth-order valence-corrected chi connectivity index (χ4v) is 5.39. The number of benzene rings is 2. The summed E-state index contributed by atoms with van der Waals surface area (Å²) in [5, 5.41) is 8.57. The maximum atomic E-state index is 13.2. The molecule has 7 heteroatoms. The summed E-state index contributed by atoms with van der Waals surface area (Å²) in [7, 11) is 1.64. The second-order valence-corrected chi connectivity index (χ2v) is 9.25. The molecule has 2 saturated heterocycles. The number of nitrogens with zero attached hydrogens (tertiary/aromatic N) is 4. The Morgan fingerprint density at radius 1 is 1.12 bits per heavy atom. The van der Waals surface area contributed by atoms with Crippen molar-refractivity contribution >= 4 is 5.91 Å². The van der Waals surface area contributed by atoms with Gasteiger partial charge in [-0.3, -0.25) is 9.69 Å². The van der Waals surface area contributed by atoms with E-state index in [1.807, 2.05) is 42.2 Å². The minimum absolute atomic E-state index is 0.153. The predicted octanol–water partition coefficient (Wildman–Crippen LogP) is 3.23. The SMILES string of the molecule is COc1cccc(CC(=O)N2CC[C@]3(c4nnc(C)o4)CN(Cc4ccccc4)C[C@@H]3C2)c1. The second kappa shape index (κ2) is 8.98. The Morgan fingerprint density at radius 2 is 1.94 bits per heavy atom. The Labute approximate surface area is 194 Å². The predicted molar refractivity (Wildman–Crippen MR) is 124 cm³/mol. The number of ether oxygens (including phenoxy) is 1. The monoisotopic (exact) mass is 446 g/mol. The van der Waals surface area contributed by atoms with Crippen molar-refractivity contribution in [3.63, 3.8) is 0 Å². The molecule has 7 nitrogen and oxygen atoms in total. The van der Waals surface area contributed by atoms with Crippen LogP contribution in [0.1, 0.15) is 29.3 Å². The third kappa shape index (κ3) is 4.37. The van der Waals surface area contributed by atoms with Gasteiger partial charge in [-0.25, -0.2) is 0 Å². The molecule has 0 radical (unpaired) electrons. The summed E-state index contributed by atoms with van der Waals surface area (Å²) in [5.41, 5.74) is 2.06. The fraction of sp³-hybridized carbons (Fsp3) is 0.423. The Kier molecular flexibility index (Phi) is 5.89. The number of piperidine rings is 1. The molecule has 0 aliphatic carbocycles. The molecule has 2 atom stereocenters. The summed E-state index contributed by atoms with van der Waals surface area (Å²) in [6.45, 7) is 5.89. The minimum atomic E-state index is -0.206. The van der Waals surface area contributed by atoms with E-state index in [0.29, 0.717) is 25.4 Å². The molecule has 2 aromatic carbocycles. The minimum Gasteiger partial charge on any atom is -0.497 e. The number of rotatable bonds is 6. The molecule has 2 aliphatic rings. The number of likely N-dealkylation sites (tertiary alicyclic amines) is 2. The number of hydrogen-bond acceptors (Lipinski definition) is 6. The van der Waals surface area contributed by atoms with Crippen LogP contribution in [0.4, 0.5) is 0 Å². The average Bonchev–Trinajstić information content (AvgIpc) is 3.43. The van der Waals surface area contributed by atoms with Crippen LogP contribution in [-0.4, -0.2) is 59.2 Å². The van der Waals surface area contributed by atoms with E-state index < -0.39 is 0 Å². The van der Waals surface area contributed by atoms with Gasteiger partial charge in [0.25, 0.3) is 0 Å². The van der Waals surface area contributed by atoms with Crippen LogP contribution in [0.15, 0.2) is 59.0 Å². The molecule has 3 aromatic rings. The van der Waals surface area contributed by atoms with E-state index in [9.17, 15) is 4.79 Å². The van der Waals surface area contributed by atoms with Crippen LogP contribution in [0.5, 0.6) is 5.75 Å². The topological polar surface area (TPSA) is 71.7 Å². The Hall–Kier alpha value is -3.19. The first-order valence-electron chi connectivity index (χ1n) is 11.5. The number of amides is 1. The van der Waals surface area contributed by atoms with Crippen molar-refractivity contribution < 1.29 is 13.9 Å². The molecule has 0 N–H and O–H groups in total. The van der Waals surface area contributed by atoms with E-state index in [1.165, 1.54) is 5.56 Å². The maximum Gasteiger partial charge on any atom is 0.227 e.